The standard InChI is InChI=1S/C23H23F3N4O/c1-3-22(27,16-8-5-4-6-9-16)14-29-19-12-11-18(23(24,25)26)20(30-19)21(31)17-10-7-13-28-15(17)2/h4-13H,3,14,27H2,1-2H3,(H,29,30). The number of hydrogen-bond donors (Lipinski definition) is 2. The molecule has 0 aliphatic carbocycles. The van der Waals surface area contributed by atoms with Gasteiger partial charge in [-0.25, -0.2) is 4.98 Å². The molecule has 5 nitrogen and oxygen atoms in total. The molecule has 1 aromatic carbocycles. The summed E-state index contributed by atoms with van der Waals surface area (Å²) in [7, 11) is 0. The number of ketones is 1. The van der Waals surface area contributed by atoms with Crippen LogP contribution in [0.3, 0.4) is 0 Å². The molecule has 1 atom stereocenters. The van der Waals surface area contributed by atoms with Crippen molar-refractivity contribution in [2.45, 2.75) is 32.0 Å². The molecule has 0 radical (unpaired) electrons. The van der Waals surface area contributed by atoms with Crippen molar-refractivity contribution in [3.05, 3.63) is 88.9 Å². The Morgan fingerprint density at radius 1 is 1.06 bits per heavy atom. The fourth-order valence-electron chi connectivity index (χ4n) is 3.26. The van der Waals surface area contributed by atoms with Gasteiger partial charge in [0.1, 0.15) is 11.5 Å². The van der Waals surface area contributed by atoms with Crippen LogP contribution >= 0.6 is 0 Å². The van der Waals surface area contributed by atoms with Gasteiger partial charge in [-0.3, -0.25) is 9.78 Å². The largest absolute Gasteiger partial charge is 0.418 e. The molecule has 162 valence electrons. The minimum absolute atomic E-state index is 0.0728. The van der Waals surface area contributed by atoms with Crippen molar-refractivity contribution in [2.75, 3.05) is 11.9 Å². The zero-order valence-corrected chi connectivity index (χ0v) is 17.2. The van der Waals surface area contributed by atoms with E-state index in [0.29, 0.717) is 12.1 Å². The maximum absolute atomic E-state index is 13.6. The second kappa shape index (κ2) is 8.85. The van der Waals surface area contributed by atoms with E-state index in [4.69, 9.17) is 5.73 Å². The molecule has 0 amide bonds. The molecule has 0 fully saturated rings. The molecule has 3 N–H and O–H groups in total. The van der Waals surface area contributed by atoms with Crippen molar-refractivity contribution in [2.24, 2.45) is 5.73 Å². The number of rotatable bonds is 7. The Balaban J connectivity index is 1.95. The van der Waals surface area contributed by atoms with Gasteiger partial charge in [0, 0.05) is 24.0 Å². The van der Waals surface area contributed by atoms with Crippen LogP contribution in [0, 0.1) is 6.92 Å². The number of pyridine rings is 2. The van der Waals surface area contributed by atoms with Gasteiger partial charge >= 0.3 is 6.18 Å². The lowest BCUT2D eigenvalue weighted by Crippen LogP contribution is -2.42. The van der Waals surface area contributed by atoms with Gasteiger partial charge in [-0.15, -0.1) is 0 Å². The average molecular weight is 428 g/mol. The second-order valence-corrected chi connectivity index (χ2v) is 7.29. The lowest BCUT2D eigenvalue weighted by Gasteiger charge is -2.29. The van der Waals surface area contributed by atoms with Gasteiger partial charge in [-0.2, -0.15) is 13.2 Å². The van der Waals surface area contributed by atoms with E-state index in [-0.39, 0.29) is 17.9 Å². The van der Waals surface area contributed by atoms with E-state index in [1.807, 2.05) is 37.3 Å². The smallest absolute Gasteiger partial charge is 0.368 e. The highest BCUT2D eigenvalue weighted by molar-refractivity contribution is 6.09. The predicted octanol–water partition coefficient (Wildman–Crippen LogP) is 4.71. The molecule has 0 spiro atoms. The average Bonchev–Trinajstić information content (AvgIpc) is 2.77. The molecular formula is C23H23F3N4O. The minimum atomic E-state index is -4.72. The number of alkyl halides is 3. The number of aromatic nitrogens is 2. The van der Waals surface area contributed by atoms with Crippen molar-refractivity contribution in [1.29, 1.82) is 0 Å². The first-order valence-electron chi connectivity index (χ1n) is 9.78. The van der Waals surface area contributed by atoms with Crippen molar-refractivity contribution >= 4 is 11.6 Å². The lowest BCUT2D eigenvalue weighted by atomic mass is 9.88. The van der Waals surface area contributed by atoms with E-state index >= 15 is 0 Å². The summed E-state index contributed by atoms with van der Waals surface area (Å²) in [6.45, 7) is 3.72. The molecule has 0 aliphatic rings. The van der Waals surface area contributed by atoms with Crippen molar-refractivity contribution in [1.82, 2.24) is 9.97 Å². The summed E-state index contributed by atoms with van der Waals surface area (Å²) >= 11 is 0. The van der Waals surface area contributed by atoms with Crippen LogP contribution in [0.5, 0.6) is 0 Å². The number of carbonyl (C=O) groups is 1. The van der Waals surface area contributed by atoms with Crippen LogP contribution in [0.4, 0.5) is 19.0 Å². The van der Waals surface area contributed by atoms with Gasteiger partial charge in [0.25, 0.3) is 0 Å². The van der Waals surface area contributed by atoms with E-state index < -0.39 is 28.8 Å². The third-order valence-corrected chi connectivity index (χ3v) is 5.23. The normalized spacial score (nSPS) is 13.5. The first kappa shape index (κ1) is 22.4. The Morgan fingerprint density at radius 3 is 2.39 bits per heavy atom. The fourth-order valence-corrected chi connectivity index (χ4v) is 3.26. The van der Waals surface area contributed by atoms with Crippen LogP contribution in [-0.2, 0) is 11.7 Å². The van der Waals surface area contributed by atoms with Gasteiger partial charge in [0.15, 0.2) is 0 Å². The van der Waals surface area contributed by atoms with Crippen LogP contribution in [0.25, 0.3) is 0 Å². The second-order valence-electron chi connectivity index (χ2n) is 7.29. The first-order valence-corrected chi connectivity index (χ1v) is 9.78. The number of hydrogen-bond acceptors (Lipinski definition) is 5. The molecule has 31 heavy (non-hydrogen) atoms. The van der Waals surface area contributed by atoms with Crippen LogP contribution < -0.4 is 11.1 Å². The molecule has 2 aromatic heterocycles. The fraction of sp³-hybridized carbons (Fsp3) is 0.261. The summed E-state index contributed by atoms with van der Waals surface area (Å²) in [5.41, 5.74) is 5.30. The summed E-state index contributed by atoms with van der Waals surface area (Å²) in [4.78, 5) is 20.9. The molecule has 0 bridgehead atoms. The van der Waals surface area contributed by atoms with E-state index in [2.05, 4.69) is 15.3 Å². The topological polar surface area (TPSA) is 80.9 Å². The van der Waals surface area contributed by atoms with Gasteiger partial charge in [0.2, 0.25) is 5.78 Å². The van der Waals surface area contributed by atoms with Gasteiger partial charge < -0.3 is 11.1 Å². The predicted molar refractivity (Wildman–Crippen MR) is 113 cm³/mol. The molecule has 1 unspecified atom stereocenters. The van der Waals surface area contributed by atoms with Gasteiger partial charge in [-0.05, 0) is 43.2 Å². The number of anilines is 1. The highest BCUT2D eigenvalue weighted by atomic mass is 19.4. The number of halogens is 3. The quantitative estimate of drug-likeness (QED) is 0.533. The Bertz CT molecular complexity index is 1070. The summed E-state index contributed by atoms with van der Waals surface area (Å²) < 4.78 is 40.7. The third-order valence-electron chi connectivity index (χ3n) is 5.23. The van der Waals surface area contributed by atoms with Crippen molar-refractivity contribution in [3.8, 4) is 0 Å². The van der Waals surface area contributed by atoms with Crippen LogP contribution in [0.1, 0.15) is 46.2 Å². The summed E-state index contributed by atoms with van der Waals surface area (Å²) in [6.07, 6.45) is -2.67. The maximum Gasteiger partial charge on any atom is 0.418 e. The van der Waals surface area contributed by atoms with Crippen molar-refractivity contribution in [3.63, 3.8) is 0 Å². The monoisotopic (exact) mass is 428 g/mol. The molecular weight excluding hydrogens is 405 g/mol. The molecule has 3 rings (SSSR count). The number of carbonyl (C=O) groups excluding carboxylic acids is 1. The lowest BCUT2D eigenvalue weighted by molar-refractivity contribution is -0.138. The maximum atomic E-state index is 13.6. The zero-order chi connectivity index (χ0) is 22.6. The molecule has 0 saturated heterocycles. The molecule has 0 aliphatic heterocycles. The summed E-state index contributed by atoms with van der Waals surface area (Å²) in [5.74, 6) is -0.698. The first-order chi connectivity index (χ1) is 14.7. The zero-order valence-electron chi connectivity index (χ0n) is 17.2. The van der Waals surface area contributed by atoms with Crippen LogP contribution in [0.15, 0.2) is 60.8 Å². The van der Waals surface area contributed by atoms with Gasteiger partial charge in [0.05, 0.1) is 11.1 Å². The number of aryl methyl sites for hydroxylation is 1. The number of nitrogens with two attached hydrogens (primary N) is 1. The minimum Gasteiger partial charge on any atom is -0.368 e. The van der Waals surface area contributed by atoms with E-state index in [1.54, 1.807) is 6.92 Å². The highest BCUT2D eigenvalue weighted by Gasteiger charge is 2.37. The molecule has 2 heterocycles. The Morgan fingerprint density at radius 2 is 1.77 bits per heavy atom. The highest BCUT2D eigenvalue weighted by Crippen LogP contribution is 2.33. The van der Waals surface area contributed by atoms with Crippen LogP contribution in [0.2, 0.25) is 0 Å². The summed E-state index contributed by atoms with van der Waals surface area (Å²) in [6, 6.07) is 14.4. The SMILES string of the molecule is CCC(N)(CNc1ccc(C(F)(F)F)c(C(=O)c2cccnc2C)n1)c1ccccc1. The Kier molecular flexibility index (Phi) is 6.40. The number of nitrogens with one attached hydrogen (secondary N) is 1. The van der Waals surface area contributed by atoms with E-state index in [1.165, 1.54) is 24.4 Å². The summed E-state index contributed by atoms with van der Waals surface area (Å²) in [5, 5.41) is 3.00. The third kappa shape index (κ3) is 4.91. The van der Waals surface area contributed by atoms with Crippen LogP contribution in [-0.4, -0.2) is 22.3 Å². The van der Waals surface area contributed by atoms with Gasteiger partial charge in [-0.1, -0.05) is 37.3 Å². The Hall–Kier alpha value is -3.26. The Labute approximate surface area is 178 Å². The van der Waals surface area contributed by atoms with Crippen molar-refractivity contribution < 1.29 is 18.0 Å². The number of benzene rings is 1. The molecule has 3 aromatic rings. The van der Waals surface area contributed by atoms with E-state index in [0.717, 1.165) is 11.6 Å². The molecule has 0 saturated carbocycles. The molecule has 8 heteroatoms. The van der Waals surface area contributed by atoms with E-state index in [9.17, 15) is 18.0 Å². The number of nitrogens with zero attached hydrogens (tertiary/aromatic N) is 2.